The van der Waals surface area contributed by atoms with Crippen molar-refractivity contribution < 1.29 is 4.74 Å². The topological polar surface area (TPSA) is 47.0 Å². The van der Waals surface area contributed by atoms with Gasteiger partial charge in [-0.15, -0.1) is 11.3 Å². The quantitative estimate of drug-likeness (QED) is 0.869. The molecule has 2 aromatic rings. The molecule has 2 aromatic heterocycles. The van der Waals surface area contributed by atoms with Crippen LogP contribution < -0.4 is 10.1 Å². The van der Waals surface area contributed by atoms with Crippen LogP contribution in [0.2, 0.25) is 0 Å². The first-order valence-corrected chi connectivity index (χ1v) is 6.83. The largest absolute Gasteiger partial charge is 0.481 e. The van der Waals surface area contributed by atoms with E-state index in [-0.39, 0.29) is 6.04 Å². The summed E-state index contributed by atoms with van der Waals surface area (Å²) in [7, 11) is 1.62. The molecule has 0 aliphatic carbocycles. The molecular formula is C13H17N3OS. The van der Waals surface area contributed by atoms with E-state index in [1.807, 2.05) is 6.07 Å². The Hall–Kier alpha value is -1.46. The maximum atomic E-state index is 5.14. The third-order valence-electron chi connectivity index (χ3n) is 2.67. The lowest BCUT2D eigenvalue weighted by molar-refractivity contribution is 0.394. The molecule has 2 heterocycles. The Morgan fingerprint density at radius 1 is 1.44 bits per heavy atom. The minimum atomic E-state index is 0.200. The third-order valence-corrected chi connectivity index (χ3v) is 3.56. The zero-order valence-corrected chi connectivity index (χ0v) is 11.4. The van der Waals surface area contributed by atoms with Crippen LogP contribution in [0.15, 0.2) is 29.9 Å². The highest BCUT2D eigenvalue weighted by Crippen LogP contribution is 2.21. The van der Waals surface area contributed by atoms with Crippen LogP contribution in [0, 0.1) is 0 Å². The number of methoxy groups -OCH3 is 1. The van der Waals surface area contributed by atoms with Gasteiger partial charge in [-0.2, -0.15) is 0 Å². The van der Waals surface area contributed by atoms with Gasteiger partial charge in [0.25, 0.3) is 0 Å². The second-order valence-electron chi connectivity index (χ2n) is 3.88. The van der Waals surface area contributed by atoms with E-state index in [9.17, 15) is 0 Å². The van der Waals surface area contributed by atoms with Gasteiger partial charge in [-0.05, 0) is 18.0 Å². The van der Waals surface area contributed by atoms with Gasteiger partial charge < -0.3 is 10.1 Å². The van der Waals surface area contributed by atoms with Gasteiger partial charge in [-0.1, -0.05) is 13.0 Å². The van der Waals surface area contributed by atoms with Crippen LogP contribution in [0.3, 0.4) is 0 Å². The summed E-state index contributed by atoms with van der Waals surface area (Å²) >= 11 is 1.77. The van der Waals surface area contributed by atoms with Gasteiger partial charge in [-0.25, -0.2) is 9.97 Å². The Morgan fingerprint density at radius 2 is 2.33 bits per heavy atom. The van der Waals surface area contributed by atoms with Gasteiger partial charge in [0.1, 0.15) is 6.33 Å². The Balaban J connectivity index is 2.17. The van der Waals surface area contributed by atoms with Crippen LogP contribution in [0.5, 0.6) is 5.88 Å². The maximum Gasteiger partial charge on any atom is 0.216 e. The minimum absolute atomic E-state index is 0.200. The number of nitrogens with zero attached hydrogens (tertiary/aromatic N) is 2. The Labute approximate surface area is 111 Å². The Morgan fingerprint density at radius 3 is 3.00 bits per heavy atom. The van der Waals surface area contributed by atoms with E-state index in [0.717, 1.165) is 18.7 Å². The summed E-state index contributed by atoms with van der Waals surface area (Å²) in [4.78, 5) is 9.72. The molecule has 0 fully saturated rings. The first-order valence-electron chi connectivity index (χ1n) is 5.95. The van der Waals surface area contributed by atoms with Crippen molar-refractivity contribution in [3.05, 3.63) is 40.5 Å². The lowest BCUT2D eigenvalue weighted by atomic mass is 10.1. The van der Waals surface area contributed by atoms with Gasteiger partial charge >= 0.3 is 0 Å². The van der Waals surface area contributed by atoms with Crippen LogP contribution in [0.25, 0.3) is 0 Å². The van der Waals surface area contributed by atoms with Crippen molar-refractivity contribution in [3.63, 3.8) is 0 Å². The van der Waals surface area contributed by atoms with Gasteiger partial charge in [0.15, 0.2) is 0 Å². The molecule has 18 heavy (non-hydrogen) atoms. The summed E-state index contributed by atoms with van der Waals surface area (Å²) in [5.41, 5.74) is 0.970. The first kappa shape index (κ1) is 13.0. The van der Waals surface area contributed by atoms with Gasteiger partial charge in [0, 0.05) is 17.4 Å². The zero-order chi connectivity index (χ0) is 12.8. The molecule has 0 saturated carbocycles. The Bertz CT molecular complexity index is 473. The second-order valence-corrected chi connectivity index (χ2v) is 4.91. The second kappa shape index (κ2) is 6.47. The summed E-state index contributed by atoms with van der Waals surface area (Å²) in [5.74, 6) is 0.606. The summed E-state index contributed by atoms with van der Waals surface area (Å²) in [5, 5.41) is 5.55. The predicted octanol–water partition coefficient (Wildman–Crippen LogP) is 2.44. The van der Waals surface area contributed by atoms with Crippen molar-refractivity contribution in [3.8, 4) is 5.88 Å². The highest BCUT2D eigenvalue weighted by atomic mass is 32.1. The molecule has 4 nitrogen and oxygen atoms in total. The number of hydrogen-bond acceptors (Lipinski definition) is 5. The molecule has 0 spiro atoms. The molecule has 0 radical (unpaired) electrons. The molecule has 1 atom stereocenters. The molecule has 0 aromatic carbocycles. The van der Waals surface area contributed by atoms with E-state index in [0.29, 0.717) is 5.88 Å². The monoisotopic (exact) mass is 263 g/mol. The first-order chi connectivity index (χ1) is 8.83. The molecule has 2 rings (SSSR count). The van der Waals surface area contributed by atoms with E-state index in [1.54, 1.807) is 24.8 Å². The molecule has 0 bridgehead atoms. The number of aromatic nitrogens is 2. The number of likely N-dealkylation sites (N-methyl/N-ethyl adjacent to an activating group) is 1. The van der Waals surface area contributed by atoms with Crippen LogP contribution in [-0.2, 0) is 6.42 Å². The highest BCUT2D eigenvalue weighted by molar-refractivity contribution is 7.09. The van der Waals surface area contributed by atoms with Crippen molar-refractivity contribution in [1.82, 2.24) is 15.3 Å². The van der Waals surface area contributed by atoms with Gasteiger partial charge in [0.2, 0.25) is 5.88 Å². The number of nitrogens with one attached hydrogen (secondary N) is 1. The summed E-state index contributed by atoms with van der Waals surface area (Å²) in [6, 6.07) is 6.31. The minimum Gasteiger partial charge on any atom is -0.481 e. The molecular weight excluding hydrogens is 246 g/mol. The lowest BCUT2D eigenvalue weighted by Crippen LogP contribution is -2.23. The number of ether oxygens (including phenoxy) is 1. The van der Waals surface area contributed by atoms with E-state index >= 15 is 0 Å². The number of thiophene rings is 1. The average Bonchev–Trinajstić information content (AvgIpc) is 2.91. The van der Waals surface area contributed by atoms with Crippen LogP contribution in [-0.4, -0.2) is 23.6 Å². The summed E-state index contributed by atoms with van der Waals surface area (Å²) in [6.07, 6.45) is 2.48. The lowest BCUT2D eigenvalue weighted by Gasteiger charge is -2.16. The van der Waals surface area contributed by atoms with Crippen molar-refractivity contribution in [2.75, 3.05) is 13.7 Å². The third kappa shape index (κ3) is 3.27. The molecule has 1 N–H and O–H groups in total. The Kier molecular flexibility index (Phi) is 4.66. The van der Waals surface area contributed by atoms with Crippen molar-refractivity contribution in [2.24, 2.45) is 0 Å². The fourth-order valence-electron chi connectivity index (χ4n) is 1.81. The van der Waals surface area contributed by atoms with E-state index < -0.39 is 0 Å². The maximum absolute atomic E-state index is 5.14. The molecule has 0 saturated heterocycles. The number of rotatable bonds is 6. The molecule has 0 aliphatic rings. The summed E-state index contributed by atoms with van der Waals surface area (Å²) in [6.45, 7) is 3.00. The normalized spacial score (nSPS) is 12.3. The van der Waals surface area contributed by atoms with E-state index in [1.165, 1.54) is 4.88 Å². The van der Waals surface area contributed by atoms with Gasteiger partial charge in [0.05, 0.1) is 18.8 Å². The van der Waals surface area contributed by atoms with E-state index in [2.05, 4.69) is 39.7 Å². The molecule has 1 unspecified atom stereocenters. The summed E-state index contributed by atoms with van der Waals surface area (Å²) < 4.78 is 5.14. The SMILES string of the molecule is CCNC(Cc1cccs1)c1cc(OC)ncn1. The van der Waals surface area contributed by atoms with Crippen LogP contribution in [0.4, 0.5) is 0 Å². The standard InChI is InChI=1S/C13H17N3OS/c1-3-14-11(7-10-5-4-6-18-10)12-8-13(17-2)16-9-15-12/h4-6,8-9,11,14H,3,7H2,1-2H3. The zero-order valence-electron chi connectivity index (χ0n) is 10.6. The fraction of sp³-hybridized carbons (Fsp3) is 0.385. The fourth-order valence-corrected chi connectivity index (χ4v) is 2.57. The average molecular weight is 263 g/mol. The number of hydrogen-bond donors (Lipinski definition) is 1. The molecule has 96 valence electrons. The van der Waals surface area contributed by atoms with E-state index in [4.69, 9.17) is 4.74 Å². The van der Waals surface area contributed by atoms with Crippen molar-refractivity contribution >= 4 is 11.3 Å². The van der Waals surface area contributed by atoms with Crippen LogP contribution in [0.1, 0.15) is 23.5 Å². The molecule has 0 aliphatic heterocycles. The van der Waals surface area contributed by atoms with Crippen molar-refractivity contribution in [1.29, 1.82) is 0 Å². The smallest absolute Gasteiger partial charge is 0.216 e. The van der Waals surface area contributed by atoms with Gasteiger partial charge in [-0.3, -0.25) is 0 Å². The van der Waals surface area contributed by atoms with Crippen LogP contribution >= 0.6 is 11.3 Å². The van der Waals surface area contributed by atoms with Crippen molar-refractivity contribution in [2.45, 2.75) is 19.4 Å². The highest BCUT2D eigenvalue weighted by Gasteiger charge is 2.14. The predicted molar refractivity (Wildman–Crippen MR) is 73.0 cm³/mol. The molecule has 5 heteroatoms. The molecule has 0 amide bonds.